The Kier molecular flexibility index (Phi) is 4.13. The van der Waals surface area contributed by atoms with Crippen LogP contribution in [0.5, 0.6) is 5.88 Å². The molecule has 0 amide bonds. The summed E-state index contributed by atoms with van der Waals surface area (Å²) in [5.41, 5.74) is 1.78. The fourth-order valence-corrected chi connectivity index (χ4v) is 3.29. The zero-order valence-electron chi connectivity index (χ0n) is 13.1. The summed E-state index contributed by atoms with van der Waals surface area (Å²) in [6.07, 6.45) is 2.30. The van der Waals surface area contributed by atoms with Gasteiger partial charge in [0.1, 0.15) is 11.8 Å². The van der Waals surface area contributed by atoms with Gasteiger partial charge in [0, 0.05) is 32.7 Å². The molecule has 0 aliphatic carbocycles. The largest absolute Gasteiger partial charge is 0.482 e. The van der Waals surface area contributed by atoms with Crippen molar-refractivity contribution in [2.75, 3.05) is 31.6 Å². The Morgan fingerprint density at radius 1 is 1.43 bits per heavy atom. The lowest BCUT2D eigenvalue weighted by atomic mass is 9.96. The van der Waals surface area contributed by atoms with Crippen LogP contribution in [0.4, 0.5) is 5.82 Å². The lowest BCUT2D eigenvalue weighted by molar-refractivity contribution is 0.379. The van der Waals surface area contributed by atoms with Crippen LogP contribution >= 0.6 is 0 Å². The predicted molar refractivity (Wildman–Crippen MR) is 86.5 cm³/mol. The minimum atomic E-state index is -3.61. The van der Waals surface area contributed by atoms with Crippen molar-refractivity contribution in [1.82, 2.24) is 19.3 Å². The van der Waals surface area contributed by atoms with Crippen LogP contribution in [0.3, 0.4) is 0 Å². The number of aromatic nitrogens is 3. The fourth-order valence-electron chi connectivity index (χ4n) is 2.89. The van der Waals surface area contributed by atoms with Crippen LogP contribution in [-0.4, -0.2) is 49.7 Å². The number of fused-ring (bicyclic) bond motifs is 1. The number of hydrogen-bond donors (Lipinski definition) is 2. The van der Waals surface area contributed by atoms with Crippen LogP contribution in [0.15, 0.2) is 12.4 Å². The average Bonchev–Trinajstić information content (AvgIpc) is 2.77. The third-order valence-corrected chi connectivity index (χ3v) is 4.69. The first-order chi connectivity index (χ1) is 10.9. The molecule has 1 aliphatic heterocycles. The molecule has 0 bridgehead atoms. The summed E-state index contributed by atoms with van der Waals surface area (Å²) >= 11 is 0. The van der Waals surface area contributed by atoms with Crippen molar-refractivity contribution in [2.24, 2.45) is 18.1 Å². The zero-order chi connectivity index (χ0) is 16.6. The van der Waals surface area contributed by atoms with Crippen LogP contribution in [0, 0.1) is 5.92 Å². The molecule has 2 aromatic heterocycles. The van der Waals surface area contributed by atoms with Crippen molar-refractivity contribution in [3.8, 4) is 5.88 Å². The van der Waals surface area contributed by atoms with Gasteiger partial charge in [0.15, 0.2) is 11.7 Å². The quantitative estimate of drug-likeness (QED) is 0.739. The van der Waals surface area contributed by atoms with E-state index in [-0.39, 0.29) is 0 Å². The summed E-state index contributed by atoms with van der Waals surface area (Å²) in [4.78, 5) is 10.8. The van der Waals surface area contributed by atoms with Crippen molar-refractivity contribution in [2.45, 2.75) is 6.42 Å². The third-order valence-electron chi connectivity index (χ3n) is 4.08. The highest BCUT2D eigenvalue weighted by molar-refractivity contribution is 7.87. The molecule has 0 atom stereocenters. The molecule has 126 valence electrons. The van der Waals surface area contributed by atoms with Crippen molar-refractivity contribution in [3.05, 3.63) is 12.4 Å². The number of nitrogens with one attached hydrogen (secondary N) is 1. The van der Waals surface area contributed by atoms with Crippen LogP contribution in [0.25, 0.3) is 11.0 Å². The lowest BCUT2D eigenvalue weighted by Crippen LogP contribution is -2.48. The van der Waals surface area contributed by atoms with Gasteiger partial charge in [-0.25, -0.2) is 19.8 Å². The summed E-state index contributed by atoms with van der Waals surface area (Å²) in [6.45, 7) is 2.01. The van der Waals surface area contributed by atoms with Gasteiger partial charge in [-0.3, -0.25) is 0 Å². The van der Waals surface area contributed by atoms with Gasteiger partial charge in [-0.05, 0) is 12.3 Å². The summed E-state index contributed by atoms with van der Waals surface area (Å²) in [5.74, 6) is 2.02. The molecule has 0 spiro atoms. The SMILES string of the molecule is COc1cc2ncnc(N3CC(CCNS(N)(=O)=O)C3)c2n1C. The van der Waals surface area contributed by atoms with Gasteiger partial charge < -0.3 is 14.2 Å². The number of methoxy groups -OCH3 is 1. The van der Waals surface area contributed by atoms with Crippen molar-refractivity contribution in [3.63, 3.8) is 0 Å². The first-order valence-electron chi connectivity index (χ1n) is 7.26. The van der Waals surface area contributed by atoms with Gasteiger partial charge in [-0.15, -0.1) is 0 Å². The van der Waals surface area contributed by atoms with Gasteiger partial charge >= 0.3 is 0 Å². The number of rotatable bonds is 6. The average molecular weight is 340 g/mol. The molecular weight excluding hydrogens is 320 g/mol. The van der Waals surface area contributed by atoms with E-state index in [0.29, 0.717) is 12.5 Å². The van der Waals surface area contributed by atoms with Gasteiger partial charge in [0.05, 0.1) is 12.6 Å². The molecule has 1 fully saturated rings. The molecule has 0 unspecified atom stereocenters. The van der Waals surface area contributed by atoms with Crippen molar-refractivity contribution >= 4 is 27.1 Å². The molecule has 0 saturated carbocycles. The van der Waals surface area contributed by atoms with E-state index in [1.807, 2.05) is 17.7 Å². The molecule has 1 aliphatic rings. The van der Waals surface area contributed by atoms with Gasteiger partial charge in [0.2, 0.25) is 0 Å². The Hall–Kier alpha value is -1.91. The first-order valence-corrected chi connectivity index (χ1v) is 8.80. The molecule has 23 heavy (non-hydrogen) atoms. The van der Waals surface area contributed by atoms with Crippen LogP contribution in [0.1, 0.15) is 6.42 Å². The minimum absolute atomic E-state index is 0.356. The summed E-state index contributed by atoms with van der Waals surface area (Å²) < 4.78 is 31.3. The molecule has 9 nitrogen and oxygen atoms in total. The maximum absolute atomic E-state index is 10.8. The Labute approximate surface area is 134 Å². The highest BCUT2D eigenvalue weighted by Crippen LogP contribution is 2.33. The van der Waals surface area contributed by atoms with Gasteiger partial charge in [0.25, 0.3) is 10.2 Å². The Morgan fingerprint density at radius 3 is 2.83 bits per heavy atom. The monoisotopic (exact) mass is 340 g/mol. The predicted octanol–water partition coefficient (Wildman–Crippen LogP) is -0.404. The Bertz CT molecular complexity index is 812. The van der Waals surface area contributed by atoms with Crippen LogP contribution in [-0.2, 0) is 17.3 Å². The Balaban J connectivity index is 1.68. The first kappa shape index (κ1) is 16.0. The van der Waals surface area contributed by atoms with Gasteiger partial charge in [-0.1, -0.05) is 0 Å². The van der Waals surface area contributed by atoms with E-state index in [4.69, 9.17) is 9.88 Å². The number of nitrogens with two attached hydrogens (primary N) is 1. The van der Waals surface area contributed by atoms with E-state index in [1.165, 1.54) is 0 Å². The topological polar surface area (TPSA) is 115 Å². The molecule has 3 heterocycles. The smallest absolute Gasteiger partial charge is 0.274 e. The molecule has 3 rings (SSSR count). The molecule has 0 radical (unpaired) electrons. The maximum atomic E-state index is 10.8. The number of ether oxygens (including phenoxy) is 1. The van der Waals surface area contributed by atoms with E-state index in [9.17, 15) is 8.42 Å². The Morgan fingerprint density at radius 2 is 2.17 bits per heavy atom. The summed E-state index contributed by atoms with van der Waals surface area (Å²) in [6, 6.07) is 1.88. The fraction of sp³-hybridized carbons (Fsp3) is 0.538. The maximum Gasteiger partial charge on any atom is 0.274 e. The standard InChI is InChI=1S/C13H20N6O3S/c1-18-11(22-2)5-10-12(18)13(16-8-15-10)19-6-9(7-19)3-4-17-23(14,20)21/h5,8-9,17H,3-4,6-7H2,1-2H3,(H2,14,20,21). The van der Waals surface area contributed by atoms with Crippen LogP contribution < -0.4 is 19.5 Å². The number of hydrogen-bond acceptors (Lipinski definition) is 6. The minimum Gasteiger partial charge on any atom is -0.482 e. The van der Waals surface area contributed by atoms with E-state index >= 15 is 0 Å². The molecule has 3 N–H and O–H groups in total. The van der Waals surface area contributed by atoms with E-state index in [0.717, 1.165) is 42.2 Å². The summed E-state index contributed by atoms with van der Waals surface area (Å²) in [7, 11) is -0.0632. The van der Waals surface area contributed by atoms with E-state index in [1.54, 1.807) is 13.4 Å². The van der Waals surface area contributed by atoms with E-state index in [2.05, 4.69) is 19.6 Å². The van der Waals surface area contributed by atoms with Crippen molar-refractivity contribution in [1.29, 1.82) is 0 Å². The normalized spacial score (nSPS) is 15.9. The highest BCUT2D eigenvalue weighted by Gasteiger charge is 2.30. The highest BCUT2D eigenvalue weighted by atomic mass is 32.2. The second kappa shape index (κ2) is 5.95. The summed E-state index contributed by atoms with van der Waals surface area (Å²) in [5, 5.41) is 4.91. The molecule has 0 aromatic carbocycles. The molecule has 10 heteroatoms. The lowest BCUT2D eigenvalue weighted by Gasteiger charge is -2.40. The number of aryl methyl sites for hydroxylation is 1. The van der Waals surface area contributed by atoms with Gasteiger partial charge in [-0.2, -0.15) is 8.42 Å². The second-order valence-corrected chi connectivity index (χ2v) is 7.05. The molecular formula is C13H20N6O3S. The number of anilines is 1. The third kappa shape index (κ3) is 3.23. The zero-order valence-corrected chi connectivity index (χ0v) is 13.9. The van der Waals surface area contributed by atoms with Crippen molar-refractivity contribution < 1.29 is 13.2 Å². The van der Waals surface area contributed by atoms with Crippen LogP contribution in [0.2, 0.25) is 0 Å². The molecule has 1 saturated heterocycles. The van der Waals surface area contributed by atoms with E-state index < -0.39 is 10.2 Å². The second-order valence-electron chi connectivity index (χ2n) is 5.68. The molecule has 2 aromatic rings. The number of nitrogens with zero attached hydrogens (tertiary/aromatic N) is 4.